The predicted molar refractivity (Wildman–Crippen MR) is 54.4 cm³/mol. The molecule has 0 aromatic heterocycles. The maximum absolute atomic E-state index is 8.83. The smallest absolute Gasteiger partial charge is 0.0949 e. The van der Waals surface area contributed by atoms with Crippen molar-refractivity contribution in [3.63, 3.8) is 0 Å². The summed E-state index contributed by atoms with van der Waals surface area (Å²) < 4.78 is 0. The molecule has 1 fully saturated rings. The summed E-state index contributed by atoms with van der Waals surface area (Å²) in [5.74, 6) is 0. The van der Waals surface area contributed by atoms with Gasteiger partial charge in [-0.15, -0.1) is 0 Å². The minimum atomic E-state index is 0.109. The summed E-state index contributed by atoms with van der Waals surface area (Å²) in [6, 6.07) is 2.44. The molecule has 0 spiro atoms. The molecule has 1 aliphatic rings. The molecule has 0 saturated carbocycles. The van der Waals surface area contributed by atoms with Crippen molar-refractivity contribution in [2.75, 3.05) is 13.1 Å². The van der Waals surface area contributed by atoms with Gasteiger partial charge >= 0.3 is 0 Å². The molecule has 74 valence electrons. The number of hydrogen-bond donors (Lipinski definition) is 0. The molecule has 1 aliphatic heterocycles. The van der Waals surface area contributed by atoms with E-state index in [-0.39, 0.29) is 6.04 Å². The topological polar surface area (TPSA) is 27.0 Å². The highest BCUT2D eigenvalue weighted by Gasteiger charge is 2.12. The van der Waals surface area contributed by atoms with Crippen LogP contribution in [-0.4, -0.2) is 24.0 Å². The molecule has 1 heterocycles. The molecular weight excluding hydrogens is 160 g/mol. The molecule has 0 radical (unpaired) electrons. The van der Waals surface area contributed by atoms with E-state index in [0.29, 0.717) is 0 Å². The van der Waals surface area contributed by atoms with Gasteiger partial charge in [0.05, 0.1) is 12.1 Å². The van der Waals surface area contributed by atoms with Crippen molar-refractivity contribution in [1.82, 2.24) is 4.90 Å². The fourth-order valence-electron chi connectivity index (χ4n) is 1.92. The minimum Gasteiger partial charge on any atom is -0.288 e. The normalized spacial score (nSPS) is 23.7. The number of hydrogen-bond acceptors (Lipinski definition) is 2. The fraction of sp³-hybridized carbons (Fsp3) is 0.909. The largest absolute Gasteiger partial charge is 0.288 e. The van der Waals surface area contributed by atoms with E-state index in [4.69, 9.17) is 5.26 Å². The van der Waals surface area contributed by atoms with Gasteiger partial charge in [0.1, 0.15) is 0 Å². The van der Waals surface area contributed by atoms with Crippen LogP contribution < -0.4 is 0 Å². The molecule has 13 heavy (non-hydrogen) atoms. The maximum atomic E-state index is 8.83. The lowest BCUT2D eigenvalue weighted by atomic mass is 10.1. The minimum absolute atomic E-state index is 0.109. The van der Waals surface area contributed by atoms with E-state index in [9.17, 15) is 0 Å². The second-order valence-electron chi connectivity index (χ2n) is 3.96. The van der Waals surface area contributed by atoms with Gasteiger partial charge in [-0.2, -0.15) is 5.26 Å². The molecule has 0 aromatic carbocycles. The van der Waals surface area contributed by atoms with Gasteiger partial charge in [0.15, 0.2) is 0 Å². The van der Waals surface area contributed by atoms with Crippen molar-refractivity contribution in [1.29, 1.82) is 5.26 Å². The number of nitriles is 1. The molecule has 0 aromatic rings. The molecule has 0 bridgehead atoms. The molecule has 2 heteroatoms. The molecule has 0 amide bonds. The van der Waals surface area contributed by atoms with Gasteiger partial charge in [0.25, 0.3) is 0 Å². The highest BCUT2D eigenvalue weighted by atomic mass is 15.1. The van der Waals surface area contributed by atoms with E-state index in [1.807, 2.05) is 6.92 Å². The highest BCUT2D eigenvalue weighted by Crippen LogP contribution is 2.12. The van der Waals surface area contributed by atoms with E-state index >= 15 is 0 Å². The molecule has 2 nitrogen and oxygen atoms in total. The van der Waals surface area contributed by atoms with Gasteiger partial charge < -0.3 is 0 Å². The van der Waals surface area contributed by atoms with E-state index in [1.165, 1.54) is 38.5 Å². The fourth-order valence-corrected chi connectivity index (χ4v) is 1.92. The Morgan fingerprint density at radius 3 is 1.92 bits per heavy atom. The SMILES string of the molecule is CC(C#N)N1CCCCCCCC1. The van der Waals surface area contributed by atoms with Crippen LogP contribution in [0.5, 0.6) is 0 Å². The summed E-state index contributed by atoms with van der Waals surface area (Å²) in [5, 5.41) is 8.83. The zero-order valence-electron chi connectivity index (χ0n) is 8.63. The molecular formula is C11H20N2. The lowest BCUT2D eigenvalue weighted by Gasteiger charge is -2.23. The van der Waals surface area contributed by atoms with Gasteiger partial charge in [-0.25, -0.2) is 0 Å². The quantitative estimate of drug-likeness (QED) is 0.620. The third-order valence-corrected chi connectivity index (χ3v) is 2.88. The average molecular weight is 180 g/mol. The lowest BCUT2D eigenvalue weighted by molar-refractivity contribution is 0.241. The first-order chi connectivity index (χ1) is 6.34. The van der Waals surface area contributed by atoms with Crippen LogP contribution in [0.25, 0.3) is 0 Å². The zero-order chi connectivity index (χ0) is 9.52. The van der Waals surface area contributed by atoms with Gasteiger partial charge in [-0.05, 0) is 32.9 Å². The molecule has 0 N–H and O–H groups in total. The molecule has 0 aliphatic carbocycles. The Morgan fingerprint density at radius 2 is 1.46 bits per heavy atom. The van der Waals surface area contributed by atoms with Gasteiger partial charge in [0, 0.05) is 0 Å². The van der Waals surface area contributed by atoms with Crippen LogP contribution in [-0.2, 0) is 0 Å². The van der Waals surface area contributed by atoms with Crippen LogP contribution in [0.4, 0.5) is 0 Å². The van der Waals surface area contributed by atoms with Crippen LogP contribution in [0.3, 0.4) is 0 Å². The summed E-state index contributed by atoms with van der Waals surface area (Å²) in [6.07, 6.45) is 7.99. The Hall–Kier alpha value is -0.550. The van der Waals surface area contributed by atoms with Gasteiger partial charge in [-0.1, -0.05) is 25.7 Å². The molecule has 1 saturated heterocycles. The second-order valence-corrected chi connectivity index (χ2v) is 3.96. The van der Waals surface area contributed by atoms with Crippen molar-refractivity contribution < 1.29 is 0 Å². The summed E-state index contributed by atoms with van der Waals surface area (Å²) in [4.78, 5) is 2.32. The number of rotatable bonds is 1. The van der Waals surface area contributed by atoms with Crippen LogP contribution in [0.1, 0.15) is 45.4 Å². The van der Waals surface area contributed by atoms with Crippen molar-refractivity contribution in [2.45, 2.75) is 51.5 Å². The van der Waals surface area contributed by atoms with Crippen molar-refractivity contribution in [3.05, 3.63) is 0 Å². The van der Waals surface area contributed by atoms with Crippen LogP contribution in [0.15, 0.2) is 0 Å². The predicted octanol–water partition coefficient (Wildman–Crippen LogP) is 2.55. The lowest BCUT2D eigenvalue weighted by Crippen LogP contribution is -2.33. The number of nitrogens with zero attached hydrogens (tertiary/aromatic N) is 2. The average Bonchev–Trinajstić information content (AvgIpc) is 2.29. The zero-order valence-corrected chi connectivity index (χ0v) is 8.63. The van der Waals surface area contributed by atoms with Crippen molar-refractivity contribution in [3.8, 4) is 6.07 Å². The third-order valence-electron chi connectivity index (χ3n) is 2.88. The summed E-state index contributed by atoms with van der Waals surface area (Å²) >= 11 is 0. The van der Waals surface area contributed by atoms with Crippen molar-refractivity contribution in [2.24, 2.45) is 0 Å². The summed E-state index contributed by atoms with van der Waals surface area (Å²) in [7, 11) is 0. The van der Waals surface area contributed by atoms with Gasteiger partial charge in [0.2, 0.25) is 0 Å². The van der Waals surface area contributed by atoms with Crippen LogP contribution >= 0.6 is 0 Å². The van der Waals surface area contributed by atoms with Crippen LogP contribution in [0.2, 0.25) is 0 Å². The standard InChI is InChI=1S/C11H20N2/c1-11(10-12)13-8-6-4-2-3-5-7-9-13/h11H,2-9H2,1H3. The van der Waals surface area contributed by atoms with E-state index in [1.54, 1.807) is 0 Å². The second kappa shape index (κ2) is 5.99. The molecule has 1 atom stereocenters. The summed E-state index contributed by atoms with van der Waals surface area (Å²) in [6.45, 7) is 4.25. The first-order valence-corrected chi connectivity index (χ1v) is 5.48. The van der Waals surface area contributed by atoms with Crippen LogP contribution in [0, 0.1) is 11.3 Å². The monoisotopic (exact) mass is 180 g/mol. The van der Waals surface area contributed by atoms with E-state index in [0.717, 1.165) is 13.1 Å². The molecule has 1 rings (SSSR count). The van der Waals surface area contributed by atoms with Gasteiger partial charge in [-0.3, -0.25) is 4.90 Å². The van der Waals surface area contributed by atoms with E-state index in [2.05, 4.69) is 11.0 Å². The Labute approximate surface area is 81.5 Å². The van der Waals surface area contributed by atoms with Crippen molar-refractivity contribution >= 4 is 0 Å². The highest BCUT2D eigenvalue weighted by molar-refractivity contribution is 4.87. The maximum Gasteiger partial charge on any atom is 0.0949 e. The molecule has 1 unspecified atom stereocenters. The third kappa shape index (κ3) is 3.78. The Bertz CT molecular complexity index is 161. The Morgan fingerprint density at radius 1 is 1.00 bits per heavy atom. The Kier molecular flexibility index (Phi) is 4.85. The first kappa shape index (κ1) is 10.5. The first-order valence-electron chi connectivity index (χ1n) is 5.48. The van der Waals surface area contributed by atoms with E-state index < -0.39 is 0 Å². The Balaban J connectivity index is 2.37. The summed E-state index contributed by atoms with van der Waals surface area (Å²) in [5.41, 5.74) is 0.